The molecule has 0 spiro atoms. The fourth-order valence-corrected chi connectivity index (χ4v) is 6.69. The summed E-state index contributed by atoms with van der Waals surface area (Å²) in [6.45, 7) is 4.12. The van der Waals surface area contributed by atoms with Crippen LogP contribution in [0.5, 0.6) is 11.5 Å². The van der Waals surface area contributed by atoms with Gasteiger partial charge in [0.05, 0.1) is 40.0 Å². The van der Waals surface area contributed by atoms with Crippen LogP contribution in [0.2, 0.25) is 5.02 Å². The molecule has 0 unspecified atom stereocenters. The van der Waals surface area contributed by atoms with Crippen molar-refractivity contribution in [1.29, 1.82) is 0 Å². The SMILES string of the molecule is CCCC1=C(C(=O)OCC)[C@@H](c2ccc(OC)c(Br)c2)n2c(s/c(=C\c3cc(Cl)ccc3OCc3ccc(F)cc3)c2=O)=N1. The monoisotopic (exact) mass is 698 g/mol. The molecule has 4 aromatic rings. The predicted octanol–water partition coefficient (Wildman–Crippen LogP) is 6.72. The summed E-state index contributed by atoms with van der Waals surface area (Å²) in [5, 5.41) is 0.467. The summed E-state index contributed by atoms with van der Waals surface area (Å²) in [5.74, 6) is 0.270. The highest BCUT2D eigenvalue weighted by Crippen LogP contribution is 2.36. The second-order valence-electron chi connectivity index (χ2n) is 9.90. The average Bonchev–Trinajstić information content (AvgIpc) is 3.31. The third-order valence-corrected chi connectivity index (χ3v) is 8.79. The number of methoxy groups -OCH3 is 1. The van der Waals surface area contributed by atoms with Crippen LogP contribution < -0.4 is 24.4 Å². The number of carbonyl (C=O) groups excluding carboxylic acids is 1. The number of allylic oxidation sites excluding steroid dienone is 1. The molecule has 7 nitrogen and oxygen atoms in total. The highest BCUT2D eigenvalue weighted by molar-refractivity contribution is 9.10. The Morgan fingerprint density at radius 2 is 1.86 bits per heavy atom. The molecule has 228 valence electrons. The highest BCUT2D eigenvalue weighted by Gasteiger charge is 2.34. The van der Waals surface area contributed by atoms with E-state index in [1.807, 2.05) is 19.1 Å². The Bertz CT molecular complexity index is 1920. The number of esters is 1. The Kier molecular flexibility index (Phi) is 10.0. The van der Waals surface area contributed by atoms with Crippen molar-refractivity contribution in [3.63, 3.8) is 0 Å². The van der Waals surface area contributed by atoms with Gasteiger partial charge in [0.25, 0.3) is 5.56 Å². The molecule has 1 aliphatic rings. The molecule has 1 atom stereocenters. The molecule has 1 aliphatic heterocycles. The second kappa shape index (κ2) is 13.9. The van der Waals surface area contributed by atoms with Gasteiger partial charge < -0.3 is 14.2 Å². The number of hydrogen-bond donors (Lipinski definition) is 0. The number of halogens is 3. The van der Waals surface area contributed by atoms with Gasteiger partial charge in [-0.3, -0.25) is 9.36 Å². The average molecular weight is 700 g/mol. The molecule has 0 saturated heterocycles. The van der Waals surface area contributed by atoms with Crippen molar-refractivity contribution in [2.24, 2.45) is 4.99 Å². The maximum atomic E-state index is 14.2. The smallest absolute Gasteiger partial charge is 0.338 e. The molecule has 0 bridgehead atoms. The van der Waals surface area contributed by atoms with E-state index in [0.29, 0.717) is 59.1 Å². The van der Waals surface area contributed by atoms with Crippen LogP contribution in [0.4, 0.5) is 4.39 Å². The fraction of sp³-hybridized carbons (Fsp3) is 0.242. The Labute approximate surface area is 271 Å². The third kappa shape index (κ3) is 6.67. The fourth-order valence-electron chi connectivity index (χ4n) is 4.94. The number of fused-ring (bicyclic) bond motifs is 1. The largest absolute Gasteiger partial charge is 0.496 e. The Hall–Kier alpha value is -3.73. The molecule has 1 aromatic heterocycles. The number of thiazole rings is 1. The van der Waals surface area contributed by atoms with Crippen LogP contribution >= 0.6 is 38.9 Å². The van der Waals surface area contributed by atoms with Gasteiger partial charge in [0.15, 0.2) is 4.80 Å². The molecular formula is C33H29BrClFN2O5S. The maximum absolute atomic E-state index is 14.2. The van der Waals surface area contributed by atoms with Gasteiger partial charge in [-0.1, -0.05) is 54.5 Å². The van der Waals surface area contributed by atoms with E-state index in [1.54, 1.807) is 61.1 Å². The van der Waals surface area contributed by atoms with E-state index in [2.05, 4.69) is 15.9 Å². The van der Waals surface area contributed by atoms with Crippen molar-refractivity contribution in [1.82, 2.24) is 4.57 Å². The lowest BCUT2D eigenvalue weighted by atomic mass is 9.94. The van der Waals surface area contributed by atoms with Gasteiger partial charge in [-0.15, -0.1) is 0 Å². The summed E-state index contributed by atoms with van der Waals surface area (Å²) in [7, 11) is 1.57. The van der Waals surface area contributed by atoms with Gasteiger partial charge in [-0.2, -0.15) is 0 Å². The zero-order valence-electron chi connectivity index (χ0n) is 24.2. The van der Waals surface area contributed by atoms with Crippen LogP contribution in [0.25, 0.3) is 6.08 Å². The zero-order chi connectivity index (χ0) is 31.4. The molecular weight excluding hydrogens is 671 g/mol. The van der Waals surface area contributed by atoms with Crippen LogP contribution in [0.3, 0.4) is 0 Å². The lowest BCUT2D eigenvalue weighted by Crippen LogP contribution is -2.40. The van der Waals surface area contributed by atoms with E-state index in [0.717, 1.165) is 12.0 Å². The van der Waals surface area contributed by atoms with Crippen molar-refractivity contribution < 1.29 is 23.4 Å². The lowest BCUT2D eigenvalue weighted by molar-refractivity contribution is -0.139. The molecule has 5 rings (SSSR count). The lowest BCUT2D eigenvalue weighted by Gasteiger charge is -2.26. The molecule has 44 heavy (non-hydrogen) atoms. The van der Waals surface area contributed by atoms with Crippen molar-refractivity contribution in [2.45, 2.75) is 39.3 Å². The summed E-state index contributed by atoms with van der Waals surface area (Å²) in [5.41, 5.74) is 2.66. The number of benzene rings is 3. The molecule has 0 aliphatic carbocycles. The second-order valence-corrected chi connectivity index (χ2v) is 12.2. The minimum absolute atomic E-state index is 0.181. The molecule has 2 heterocycles. The van der Waals surface area contributed by atoms with Gasteiger partial charge >= 0.3 is 5.97 Å². The summed E-state index contributed by atoms with van der Waals surface area (Å²) in [6, 6.07) is 15.9. The normalized spacial score (nSPS) is 14.7. The minimum atomic E-state index is -0.773. The van der Waals surface area contributed by atoms with Gasteiger partial charge in [-0.25, -0.2) is 14.2 Å². The first-order valence-electron chi connectivity index (χ1n) is 14.0. The maximum Gasteiger partial charge on any atom is 0.338 e. The Balaban J connectivity index is 1.66. The van der Waals surface area contributed by atoms with Crippen LogP contribution in [-0.4, -0.2) is 24.3 Å². The van der Waals surface area contributed by atoms with Crippen molar-refractivity contribution in [3.05, 3.63) is 124 Å². The van der Waals surface area contributed by atoms with Crippen molar-refractivity contribution in [3.8, 4) is 11.5 Å². The number of aromatic nitrogens is 1. The summed E-state index contributed by atoms with van der Waals surface area (Å²) < 4.78 is 32.9. The molecule has 0 saturated carbocycles. The minimum Gasteiger partial charge on any atom is -0.496 e. The number of nitrogens with zero attached hydrogens (tertiary/aromatic N) is 2. The van der Waals surface area contributed by atoms with E-state index >= 15 is 0 Å². The van der Waals surface area contributed by atoms with E-state index in [1.165, 1.54) is 23.5 Å². The van der Waals surface area contributed by atoms with Gasteiger partial charge in [-0.05, 0) is 88.9 Å². The Morgan fingerprint density at radius 1 is 1.11 bits per heavy atom. The van der Waals surface area contributed by atoms with E-state index in [9.17, 15) is 14.0 Å². The highest BCUT2D eigenvalue weighted by atomic mass is 79.9. The van der Waals surface area contributed by atoms with Crippen molar-refractivity contribution >= 4 is 50.9 Å². The van der Waals surface area contributed by atoms with E-state index in [4.69, 9.17) is 30.8 Å². The summed E-state index contributed by atoms with van der Waals surface area (Å²) >= 11 is 11.1. The molecule has 0 amide bonds. The molecule has 11 heteroatoms. The third-order valence-electron chi connectivity index (χ3n) is 6.95. The molecule has 0 fully saturated rings. The zero-order valence-corrected chi connectivity index (χ0v) is 27.4. The summed E-state index contributed by atoms with van der Waals surface area (Å²) in [6.07, 6.45) is 2.99. The first kappa shape index (κ1) is 31.7. The standard InChI is InChI=1S/C33H29BrClFN2O5S/c1-4-6-25-29(32(40)42-5-2)30(20-9-13-27(41-3)24(34)16-20)38-31(39)28(44-33(38)37-25)17-21-15-22(35)10-14-26(21)43-18-19-7-11-23(36)12-8-19/h7-17,30H,4-6,18H2,1-3H3/b28-17-/t30-/m1/s1. The van der Waals surface area contributed by atoms with Gasteiger partial charge in [0.2, 0.25) is 0 Å². The van der Waals surface area contributed by atoms with Crippen LogP contribution in [-0.2, 0) is 16.1 Å². The summed E-state index contributed by atoms with van der Waals surface area (Å²) in [4.78, 5) is 32.9. The van der Waals surface area contributed by atoms with Crippen LogP contribution in [0, 0.1) is 5.82 Å². The molecule has 0 N–H and O–H groups in total. The Morgan fingerprint density at radius 3 is 2.55 bits per heavy atom. The number of hydrogen-bond acceptors (Lipinski definition) is 7. The predicted molar refractivity (Wildman–Crippen MR) is 173 cm³/mol. The number of ether oxygens (including phenoxy) is 3. The topological polar surface area (TPSA) is 79.1 Å². The van der Waals surface area contributed by atoms with Crippen LogP contribution in [0.15, 0.2) is 86.2 Å². The molecule has 3 aromatic carbocycles. The van der Waals surface area contributed by atoms with E-state index < -0.39 is 12.0 Å². The van der Waals surface area contributed by atoms with Crippen molar-refractivity contribution in [2.75, 3.05) is 13.7 Å². The molecule has 0 radical (unpaired) electrons. The first-order chi connectivity index (χ1) is 21.2. The number of carbonyl (C=O) groups is 1. The van der Waals surface area contributed by atoms with Crippen LogP contribution in [0.1, 0.15) is 49.4 Å². The van der Waals surface area contributed by atoms with Gasteiger partial charge in [0, 0.05) is 10.6 Å². The quantitative estimate of drug-likeness (QED) is 0.172. The van der Waals surface area contributed by atoms with Gasteiger partial charge in [0.1, 0.15) is 23.9 Å². The van der Waals surface area contributed by atoms with E-state index in [-0.39, 0.29) is 24.6 Å². The first-order valence-corrected chi connectivity index (χ1v) is 15.9. The number of rotatable bonds is 10.